The molecule has 0 saturated carbocycles. The average Bonchev–Trinajstić information content (AvgIpc) is 2.91. The third kappa shape index (κ3) is 5.92. The molecule has 0 fully saturated rings. The highest BCUT2D eigenvalue weighted by molar-refractivity contribution is 6.30. The summed E-state index contributed by atoms with van der Waals surface area (Å²) in [4.78, 5) is 4.20. The Bertz CT molecular complexity index is 1670. The first-order valence-electron chi connectivity index (χ1n) is 12.1. The lowest BCUT2D eigenvalue weighted by Gasteiger charge is -2.17. The number of hydrogen-bond acceptors (Lipinski definition) is 2. The van der Waals surface area contributed by atoms with Crippen LogP contribution < -0.4 is 4.74 Å². The molecule has 1 heterocycles. The van der Waals surface area contributed by atoms with Crippen LogP contribution >= 0.6 is 11.6 Å². The van der Waals surface area contributed by atoms with E-state index in [2.05, 4.69) is 4.98 Å². The summed E-state index contributed by atoms with van der Waals surface area (Å²) in [6.07, 6.45) is -7.36. The van der Waals surface area contributed by atoms with E-state index in [-0.39, 0.29) is 21.9 Å². The Morgan fingerprint density at radius 2 is 1.43 bits per heavy atom. The number of ether oxygens (including phenoxy) is 1. The first-order chi connectivity index (χ1) is 19.0. The van der Waals surface area contributed by atoms with Gasteiger partial charge in [0.15, 0.2) is 0 Å². The van der Waals surface area contributed by atoms with Crippen molar-refractivity contribution in [2.24, 2.45) is 0 Å². The minimum absolute atomic E-state index is 0.134. The van der Waals surface area contributed by atoms with Crippen LogP contribution in [0, 0.1) is 0 Å². The van der Waals surface area contributed by atoms with E-state index in [0.717, 1.165) is 23.8 Å². The lowest BCUT2D eigenvalue weighted by molar-refractivity contribution is -0.138. The summed E-state index contributed by atoms with van der Waals surface area (Å²) in [5, 5.41) is 0.434. The van der Waals surface area contributed by atoms with Crippen molar-refractivity contribution < 1.29 is 31.1 Å². The molecule has 0 atom stereocenters. The average molecular weight is 572 g/mol. The van der Waals surface area contributed by atoms with Crippen LogP contribution in [0.1, 0.15) is 27.8 Å². The molecule has 0 spiro atoms. The molecule has 4 aromatic carbocycles. The summed E-state index contributed by atoms with van der Waals surface area (Å²) in [6, 6.07) is 23.1. The Kier molecular flexibility index (Phi) is 7.47. The number of alkyl halides is 6. The van der Waals surface area contributed by atoms with Gasteiger partial charge in [0.2, 0.25) is 0 Å². The standard InChI is InChI=1S/C31H20ClF6NO/c32-23-12-13-26(30(33,34)35)22(15-23)18-40-24-9-4-8-20(16-24)28-21(14-19-6-2-1-3-7-19)17-39-29-25(28)10-5-11-27(29)31(36,37)38/h1-13,15-17H,14,18H2. The van der Waals surface area contributed by atoms with E-state index in [9.17, 15) is 26.3 Å². The number of halogens is 7. The predicted molar refractivity (Wildman–Crippen MR) is 142 cm³/mol. The van der Waals surface area contributed by atoms with Gasteiger partial charge in [-0.2, -0.15) is 26.3 Å². The Morgan fingerprint density at radius 3 is 2.15 bits per heavy atom. The van der Waals surface area contributed by atoms with Crippen molar-refractivity contribution >= 4 is 22.5 Å². The quantitative estimate of drug-likeness (QED) is 0.189. The molecule has 0 bridgehead atoms. The van der Waals surface area contributed by atoms with Gasteiger partial charge in [0.1, 0.15) is 12.4 Å². The van der Waals surface area contributed by atoms with Gasteiger partial charge in [-0.1, -0.05) is 66.2 Å². The van der Waals surface area contributed by atoms with E-state index in [1.54, 1.807) is 30.3 Å². The van der Waals surface area contributed by atoms with Gasteiger partial charge in [-0.3, -0.25) is 4.98 Å². The molecule has 204 valence electrons. The highest BCUT2D eigenvalue weighted by Crippen LogP contribution is 2.40. The van der Waals surface area contributed by atoms with Gasteiger partial charge in [0.25, 0.3) is 0 Å². The normalized spacial score (nSPS) is 12.1. The van der Waals surface area contributed by atoms with Gasteiger partial charge in [0, 0.05) is 22.2 Å². The monoisotopic (exact) mass is 571 g/mol. The van der Waals surface area contributed by atoms with Gasteiger partial charge in [-0.05, 0) is 65.1 Å². The van der Waals surface area contributed by atoms with E-state index in [4.69, 9.17) is 16.3 Å². The zero-order valence-electron chi connectivity index (χ0n) is 20.7. The number of rotatable bonds is 6. The highest BCUT2D eigenvalue weighted by Gasteiger charge is 2.34. The minimum atomic E-state index is -4.61. The number of fused-ring (bicyclic) bond motifs is 1. The molecule has 0 aliphatic carbocycles. The molecule has 0 unspecified atom stereocenters. The van der Waals surface area contributed by atoms with E-state index < -0.39 is 30.1 Å². The zero-order valence-corrected chi connectivity index (χ0v) is 21.4. The third-order valence-electron chi connectivity index (χ3n) is 6.41. The first-order valence-corrected chi connectivity index (χ1v) is 12.5. The second-order valence-electron chi connectivity index (χ2n) is 9.14. The van der Waals surface area contributed by atoms with Crippen molar-refractivity contribution in [1.29, 1.82) is 0 Å². The van der Waals surface area contributed by atoms with Gasteiger partial charge >= 0.3 is 12.4 Å². The van der Waals surface area contributed by atoms with Crippen LogP contribution in [0.3, 0.4) is 0 Å². The Hall–Kier alpha value is -4.04. The fraction of sp³-hybridized carbons (Fsp3) is 0.129. The summed E-state index contributed by atoms with van der Waals surface area (Å²) in [6.45, 7) is -0.412. The molecular formula is C31H20ClF6NO. The van der Waals surface area contributed by atoms with E-state index in [1.807, 2.05) is 30.3 Å². The summed E-state index contributed by atoms with van der Waals surface area (Å²) in [5.41, 5.74) is 0.639. The fourth-order valence-electron chi connectivity index (χ4n) is 4.64. The molecule has 0 aliphatic heterocycles. The fourth-order valence-corrected chi connectivity index (χ4v) is 4.84. The number of para-hydroxylation sites is 1. The van der Waals surface area contributed by atoms with Gasteiger partial charge in [-0.25, -0.2) is 0 Å². The Labute approximate surface area is 230 Å². The summed E-state index contributed by atoms with van der Waals surface area (Å²) in [5.74, 6) is 0.244. The van der Waals surface area contributed by atoms with Crippen molar-refractivity contribution in [3.05, 3.63) is 130 Å². The predicted octanol–water partition coefficient (Wildman–Crippen LogP) is 9.76. The maximum absolute atomic E-state index is 13.8. The van der Waals surface area contributed by atoms with E-state index in [0.29, 0.717) is 28.5 Å². The molecule has 5 aromatic rings. The van der Waals surface area contributed by atoms with E-state index in [1.165, 1.54) is 18.3 Å². The maximum Gasteiger partial charge on any atom is 0.418 e. The number of pyridine rings is 1. The number of benzene rings is 4. The molecule has 5 rings (SSSR count). The van der Waals surface area contributed by atoms with Crippen LogP contribution in [-0.2, 0) is 25.4 Å². The highest BCUT2D eigenvalue weighted by atomic mass is 35.5. The minimum Gasteiger partial charge on any atom is -0.489 e. The lowest BCUT2D eigenvalue weighted by atomic mass is 9.92. The summed E-state index contributed by atoms with van der Waals surface area (Å²) < 4.78 is 87.7. The van der Waals surface area contributed by atoms with Crippen molar-refractivity contribution in [2.45, 2.75) is 25.4 Å². The SMILES string of the molecule is FC(F)(F)c1ccc(Cl)cc1COc1cccc(-c2c(Cc3ccccc3)cnc3c(C(F)(F)F)cccc23)c1. The molecule has 2 nitrogen and oxygen atoms in total. The van der Waals surface area contributed by atoms with Gasteiger partial charge < -0.3 is 4.74 Å². The number of hydrogen-bond donors (Lipinski definition) is 0. The second-order valence-corrected chi connectivity index (χ2v) is 9.57. The molecule has 1 aromatic heterocycles. The van der Waals surface area contributed by atoms with Crippen LogP contribution in [0.5, 0.6) is 5.75 Å². The van der Waals surface area contributed by atoms with Crippen LogP contribution in [0.25, 0.3) is 22.0 Å². The topological polar surface area (TPSA) is 22.1 Å². The zero-order chi connectivity index (χ0) is 28.5. The van der Waals surface area contributed by atoms with Crippen LogP contribution in [0.15, 0.2) is 97.2 Å². The van der Waals surface area contributed by atoms with Crippen LogP contribution in [0.2, 0.25) is 5.02 Å². The van der Waals surface area contributed by atoms with Gasteiger partial charge in [0.05, 0.1) is 16.6 Å². The molecule has 9 heteroatoms. The smallest absolute Gasteiger partial charge is 0.418 e. The van der Waals surface area contributed by atoms with Crippen molar-refractivity contribution in [3.8, 4) is 16.9 Å². The molecular weight excluding hydrogens is 552 g/mol. The summed E-state index contributed by atoms with van der Waals surface area (Å²) in [7, 11) is 0. The van der Waals surface area contributed by atoms with Crippen molar-refractivity contribution in [1.82, 2.24) is 4.98 Å². The molecule has 0 amide bonds. The van der Waals surface area contributed by atoms with Crippen molar-refractivity contribution in [3.63, 3.8) is 0 Å². The molecule has 0 saturated heterocycles. The molecule has 40 heavy (non-hydrogen) atoms. The largest absolute Gasteiger partial charge is 0.489 e. The molecule has 0 N–H and O–H groups in total. The van der Waals surface area contributed by atoms with Crippen LogP contribution in [0.4, 0.5) is 26.3 Å². The van der Waals surface area contributed by atoms with E-state index >= 15 is 0 Å². The summed E-state index contributed by atoms with van der Waals surface area (Å²) >= 11 is 5.93. The molecule has 0 aliphatic rings. The Balaban J connectivity index is 1.59. The number of aromatic nitrogens is 1. The first kappa shape index (κ1) is 27.5. The molecule has 0 radical (unpaired) electrons. The van der Waals surface area contributed by atoms with Crippen molar-refractivity contribution in [2.75, 3.05) is 0 Å². The van der Waals surface area contributed by atoms with Crippen LogP contribution in [-0.4, -0.2) is 4.98 Å². The maximum atomic E-state index is 13.8. The second kappa shape index (κ2) is 10.8. The lowest BCUT2D eigenvalue weighted by Crippen LogP contribution is -2.11. The van der Waals surface area contributed by atoms with Gasteiger partial charge in [-0.15, -0.1) is 0 Å². The number of nitrogens with zero attached hydrogens (tertiary/aromatic N) is 1. The Morgan fingerprint density at radius 1 is 0.700 bits per heavy atom. The third-order valence-corrected chi connectivity index (χ3v) is 6.64.